The average molecular weight is 481 g/mol. The molecule has 0 aromatic heterocycles. The summed E-state index contributed by atoms with van der Waals surface area (Å²) in [6, 6.07) is 5.24. The molecular formula is C23H36N4O5S. The molecule has 0 radical (unpaired) electrons. The van der Waals surface area contributed by atoms with Gasteiger partial charge >= 0.3 is 0 Å². The van der Waals surface area contributed by atoms with Gasteiger partial charge in [0.2, 0.25) is 15.9 Å². The molecule has 2 amide bonds. The number of morpholine rings is 1. The highest BCUT2D eigenvalue weighted by molar-refractivity contribution is 7.89. The maximum atomic E-state index is 12.9. The molecule has 2 fully saturated rings. The topological polar surface area (TPSA) is 108 Å². The molecule has 2 N–H and O–H groups in total. The average Bonchev–Trinajstić information content (AvgIpc) is 2.83. The molecule has 2 aliphatic rings. The lowest BCUT2D eigenvalue weighted by Crippen LogP contribution is -2.51. The van der Waals surface area contributed by atoms with Crippen molar-refractivity contribution in [2.24, 2.45) is 5.92 Å². The molecule has 0 bridgehead atoms. The summed E-state index contributed by atoms with van der Waals surface area (Å²) in [7, 11) is -3.71. The predicted molar refractivity (Wildman–Crippen MR) is 125 cm³/mol. The highest BCUT2D eigenvalue weighted by Crippen LogP contribution is 2.19. The van der Waals surface area contributed by atoms with Gasteiger partial charge in [-0.25, -0.2) is 8.42 Å². The van der Waals surface area contributed by atoms with Gasteiger partial charge in [-0.1, -0.05) is 26.3 Å². The standard InChI is InChI=1S/C23H36N4O5S/c1-18(2)21(23(29)24-9-12-26-10-4-3-5-11-26)25-22(28)19-7-6-8-20(17-19)33(30,31)27-13-15-32-16-14-27/h6-8,17-18,21H,3-5,9-16H2,1-2H3,(H,24,29)(H,25,28). The number of ether oxygens (including phenoxy) is 1. The summed E-state index contributed by atoms with van der Waals surface area (Å²) in [6.07, 6.45) is 3.65. The monoisotopic (exact) mass is 480 g/mol. The summed E-state index contributed by atoms with van der Waals surface area (Å²) in [5.74, 6) is -0.824. The minimum Gasteiger partial charge on any atom is -0.379 e. The number of benzene rings is 1. The van der Waals surface area contributed by atoms with Crippen LogP contribution in [0.2, 0.25) is 0 Å². The predicted octanol–water partition coefficient (Wildman–Crippen LogP) is 1.06. The van der Waals surface area contributed by atoms with E-state index in [4.69, 9.17) is 4.74 Å². The fourth-order valence-corrected chi connectivity index (χ4v) is 5.58. The van der Waals surface area contributed by atoms with Crippen LogP contribution in [-0.4, -0.2) is 88.0 Å². The van der Waals surface area contributed by atoms with Crippen LogP contribution in [0.25, 0.3) is 0 Å². The van der Waals surface area contributed by atoms with E-state index in [0.29, 0.717) is 19.8 Å². The van der Waals surface area contributed by atoms with Crippen LogP contribution >= 0.6 is 0 Å². The van der Waals surface area contributed by atoms with Gasteiger partial charge in [0.05, 0.1) is 18.1 Å². The first-order chi connectivity index (χ1) is 15.8. The number of likely N-dealkylation sites (tertiary alicyclic amines) is 1. The summed E-state index contributed by atoms with van der Waals surface area (Å²) in [6.45, 7) is 8.45. The van der Waals surface area contributed by atoms with Crippen molar-refractivity contribution < 1.29 is 22.7 Å². The van der Waals surface area contributed by atoms with E-state index in [1.54, 1.807) is 12.1 Å². The van der Waals surface area contributed by atoms with Gasteiger partial charge in [-0.3, -0.25) is 9.59 Å². The number of carbonyl (C=O) groups excluding carboxylic acids is 2. The molecule has 1 aromatic carbocycles. The van der Waals surface area contributed by atoms with Gasteiger partial charge in [-0.15, -0.1) is 0 Å². The van der Waals surface area contributed by atoms with Crippen LogP contribution < -0.4 is 10.6 Å². The molecule has 9 nitrogen and oxygen atoms in total. The van der Waals surface area contributed by atoms with Crippen LogP contribution in [0.5, 0.6) is 0 Å². The zero-order valence-corrected chi connectivity index (χ0v) is 20.4. The number of hydrogen-bond donors (Lipinski definition) is 2. The summed E-state index contributed by atoms with van der Waals surface area (Å²) in [4.78, 5) is 28.1. The van der Waals surface area contributed by atoms with Gasteiger partial charge in [0.1, 0.15) is 6.04 Å². The van der Waals surface area contributed by atoms with Gasteiger partial charge in [0.25, 0.3) is 5.91 Å². The van der Waals surface area contributed by atoms with E-state index in [-0.39, 0.29) is 35.4 Å². The fourth-order valence-electron chi connectivity index (χ4n) is 4.12. The summed E-state index contributed by atoms with van der Waals surface area (Å²) >= 11 is 0. The van der Waals surface area contributed by atoms with Crippen molar-refractivity contribution in [3.8, 4) is 0 Å². The second-order valence-electron chi connectivity index (χ2n) is 8.93. The highest BCUT2D eigenvalue weighted by atomic mass is 32.2. The number of nitrogens with one attached hydrogen (secondary N) is 2. The Bertz CT molecular complexity index is 909. The Morgan fingerprint density at radius 1 is 1.06 bits per heavy atom. The SMILES string of the molecule is CC(C)C(NC(=O)c1cccc(S(=O)(=O)N2CCOCC2)c1)C(=O)NCCN1CCCCC1. The van der Waals surface area contributed by atoms with Gasteiger partial charge in [-0.05, 0) is 50.0 Å². The normalized spacial score (nSPS) is 19.2. The Balaban J connectivity index is 1.61. The zero-order valence-electron chi connectivity index (χ0n) is 19.6. The van der Waals surface area contributed by atoms with E-state index >= 15 is 0 Å². The summed E-state index contributed by atoms with van der Waals surface area (Å²) in [5, 5.41) is 5.72. The largest absolute Gasteiger partial charge is 0.379 e. The summed E-state index contributed by atoms with van der Waals surface area (Å²) < 4.78 is 32.4. The molecule has 10 heteroatoms. The third-order valence-electron chi connectivity index (χ3n) is 6.12. The number of rotatable bonds is 9. The quantitative estimate of drug-likeness (QED) is 0.547. The third kappa shape index (κ3) is 6.99. The van der Waals surface area contributed by atoms with Gasteiger partial charge in [0, 0.05) is 31.7 Å². The minimum atomic E-state index is -3.71. The van der Waals surface area contributed by atoms with Crippen molar-refractivity contribution in [1.29, 1.82) is 0 Å². The van der Waals surface area contributed by atoms with Crippen LogP contribution in [0.1, 0.15) is 43.5 Å². The molecule has 184 valence electrons. The van der Waals surface area contributed by atoms with E-state index < -0.39 is 22.0 Å². The molecule has 2 saturated heterocycles. The van der Waals surface area contributed by atoms with Crippen LogP contribution in [0.15, 0.2) is 29.2 Å². The van der Waals surface area contributed by atoms with Gasteiger partial charge in [0.15, 0.2) is 0 Å². The molecule has 2 heterocycles. The Morgan fingerprint density at radius 2 is 1.76 bits per heavy atom. The molecule has 3 rings (SSSR count). The van der Waals surface area contributed by atoms with Crippen LogP contribution in [0.3, 0.4) is 0 Å². The Hall–Kier alpha value is -2.01. The Morgan fingerprint density at radius 3 is 2.42 bits per heavy atom. The smallest absolute Gasteiger partial charge is 0.251 e. The molecule has 1 aromatic rings. The van der Waals surface area contributed by atoms with Crippen molar-refractivity contribution in [3.63, 3.8) is 0 Å². The van der Waals surface area contributed by atoms with E-state index in [1.807, 2.05) is 13.8 Å². The van der Waals surface area contributed by atoms with Crippen LogP contribution in [0.4, 0.5) is 0 Å². The van der Waals surface area contributed by atoms with E-state index in [2.05, 4.69) is 15.5 Å². The Kier molecular flexibility index (Phi) is 9.25. The van der Waals surface area contributed by atoms with E-state index in [0.717, 1.165) is 19.6 Å². The van der Waals surface area contributed by atoms with Crippen molar-refractivity contribution >= 4 is 21.8 Å². The second kappa shape index (κ2) is 11.9. The molecule has 1 unspecified atom stereocenters. The molecule has 33 heavy (non-hydrogen) atoms. The zero-order chi connectivity index (χ0) is 23.8. The van der Waals surface area contributed by atoms with Crippen molar-refractivity contribution in [2.75, 3.05) is 52.5 Å². The van der Waals surface area contributed by atoms with E-state index in [1.165, 1.54) is 35.7 Å². The van der Waals surface area contributed by atoms with Crippen LogP contribution in [-0.2, 0) is 19.6 Å². The minimum absolute atomic E-state index is 0.0594. The van der Waals surface area contributed by atoms with E-state index in [9.17, 15) is 18.0 Å². The molecular weight excluding hydrogens is 444 g/mol. The molecule has 2 aliphatic heterocycles. The molecule has 1 atom stereocenters. The molecule has 0 saturated carbocycles. The maximum Gasteiger partial charge on any atom is 0.251 e. The van der Waals surface area contributed by atoms with Crippen LogP contribution in [0, 0.1) is 5.92 Å². The highest BCUT2D eigenvalue weighted by Gasteiger charge is 2.28. The maximum absolute atomic E-state index is 12.9. The van der Waals surface area contributed by atoms with Crippen molar-refractivity contribution in [3.05, 3.63) is 29.8 Å². The first-order valence-electron chi connectivity index (χ1n) is 11.8. The van der Waals surface area contributed by atoms with Crippen molar-refractivity contribution in [2.45, 2.75) is 44.0 Å². The van der Waals surface area contributed by atoms with Crippen molar-refractivity contribution in [1.82, 2.24) is 19.8 Å². The first-order valence-corrected chi connectivity index (χ1v) is 13.2. The number of carbonyl (C=O) groups is 2. The fraction of sp³-hybridized carbons (Fsp3) is 0.652. The summed E-state index contributed by atoms with van der Waals surface area (Å²) in [5.41, 5.74) is 0.205. The molecule has 0 spiro atoms. The number of sulfonamides is 1. The number of hydrogen-bond acceptors (Lipinski definition) is 6. The number of piperidine rings is 1. The number of amides is 2. The van der Waals surface area contributed by atoms with Gasteiger partial charge in [-0.2, -0.15) is 4.31 Å². The molecule has 0 aliphatic carbocycles. The lowest BCUT2D eigenvalue weighted by molar-refractivity contribution is -0.124. The Labute approximate surface area is 196 Å². The number of nitrogens with zero attached hydrogens (tertiary/aromatic N) is 2. The lowest BCUT2D eigenvalue weighted by atomic mass is 10.0. The third-order valence-corrected chi connectivity index (χ3v) is 8.01. The first kappa shape index (κ1) is 25.6. The second-order valence-corrected chi connectivity index (χ2v) is 10.9. The van der Waals surface area contributed by atoms with Gasteiger partial charge < -0.3 is 20.3 Å². The lowest BCUT2D eigenvalue weighted by Gasteiger charge is -2.27.